The van der Waals surface area contributed by atoms with E-state index in [9.17, 15) is 13.2 Å². The molecule has 1 aliphatic rings. The average molecular weight is 424 g/mol. The Kier molecular flexibility index (Phi) is 5.14. The summed E-state index contributed by atoms with van der Waals surface area (Å²) in [4.78, 5) is 8.97. The quantitative estimate of drug-likeness (QED) is 0.517. The monoisotopic (exact) mass is 423 g/mol. The maximum Gasteiger partial charge on any atom is 0.416 e. The fraction of sp³-hybridized carbons (Fsp3) is 0.450. The zero-order chi connectivity index (χ0) is 20.8. The normalized spacial score (nSPS) is 15.7. The van der Waals surface area contributed by atoms with Crippen LogP contribution in [0.1, 0.15) is 55.5 Å². The van der Waals surface area contributed by atoms with Gasteiger partial charge in [-0.2, -0.15) is 27.8 Å². The van der Waals surface area contributed by atoms with Crippen molar-refractivity contribution in [1.29, 1.82) is 0 Å². The number of alkyl halides is 3. The smallest absolute Gasteiger partial charge is 0.323 e. The number of aryl methyl sites for hydroxylation is 1. The van der Waals surface area contributed by atoms with E-state index < -0.39 is 11.7 Å². The molecule has 5 nitrogen and oxygen atoms in total. The average Bonchev–Trinajstić information content (AvgIpc) is 3.40. The van der Waals surface area contributed by atoms with Gasteiger partial charge in [-0.1, -0.05) is 24.9 Å². The van der Waals surface area contributed by atoms with Gasteiger partial charge >= 0.3 is 6.18 Å². The Labute approximate surface area is 171 Å². The Balaban J connectivity index is 1.72. The molecule has 154 valence electrons. The zero-order valence-electron chi connectivity index (χ0n) is 16.1. The SMILES string of the molecule is CCCC(c1cnn2c(Nc3ccc(C(F)(F)F)cc3Cl)nc(C)nc12)C1CC1. The van der Waals surface area contributed by atoms with Crippen LogP contribution in [0.3, 0.4) is 0 Å². The number of rotatable bonds is 6. The highest BCUT2D eigenvalue weighted by Gasteiger charge is 2.34. The minimum atomic E-state index is -4.45. The summed E-state index contributed by atoms with van der Waals surface area (Å²) in [5.41, 5.74) is 1.35. The summed E-state index contributed by atoms with van der Waals surface area (Å²) >= 11 is 6.09. The summed E-state index contributed by atoms with van der Waals surface area (Å²) < 4.78 is 40.3. The standard InChI is InChI=1S/C20H21ClF3N5/c1-3-4-14(12-5-6-12)15-10-25-29-18(15)26-11(2)27-19(29)28-17-8-7-13(9-16(17)21)20(22,23)24/h7-10,12,14H,3-6H2,1-2H3,(H,26,27,28). The lowest BCUT2D eigenvalue weighted by Gasteiger charge is -2.15. The van der Waals surface area contributed by atoms with Crippen LogP contribution in [0, 0.1) is 12.8 Å². The molecule has 1 atom stereocenters. The molecule has 1 N–H and O–H groups in total. The minimum absolute atomic E-state index is 0.0431. The fourth-order valence-electron chi connectivity index (χ4n) is 3.71. The van der Waals surface area contributed by atoms with Crippen molar-refractivity contribution in [1.82, 2.24) is 19.6 Å². The number of benzene rings is 1. The number of halogens is 4. The van der Waals surface area contributed by atoms with Gasteiger partial charge in [-0.05, 0) is 56.2 Å². The number of aromatic nitrogens is 4. The van der Waals surface area contributed by atoms with Gasteiger partial charge in [0.1, 0.15) is 5.82 Å². The van der Waals surface area contributed by atoms with Crippen LogP contribution in [0.15, 0.2) is 24.4 Å². The van der Waals surface area contributed by atoms with Gasteiger partial charge in [-0.3, -0.25) is 0 Å². The Morgan fingerprint density at radius 3 is 2.66 bits per heavy atom. The summed E-state index contributed by atoms with van der Waals surface area (Å²) in [5.74, 6) is 2.00. The highest BCUT2D eigenvalue weighted by molar-refractivity contribution is 6.33. The van der Waals surface area contributed by atoms with E-state index in [0.29, 0.717) is 29.3 Å². The molecule has 9 heteroatoms. The summed E-state index contributed by atoms with van der Waals surface area (Å²) in [6.07, 6.45) is 1.98. The molecule has 1 aromatic carbocycles. The first kappa shape index (κ1) is 19.9. The first-order valence-electron chi connectivity index (χ1n) is 9.64. The fourth-order valence-corrected chi connectivity index (χ4v) is 3.94. The third-order valence-electron chi connectivity index (χ3n) is 5.24. The van der Waals surface area contributed by atoms with Crippen LogP contribution in [0.4, 0.5) is 24.8 Å². The second-order valence-corrected chi connectivity index (χ2v) is 7.89. The number of hydrogen-bond acceptors (Lipinski definition) is 4. The molecular formula is C20H21ClF3N5. The first-order valence-corrected chi connectivity index (χ1v) is 10.0. The van der Waals surface area contributed by atoms with Crippen molar-refractivity contribution in [2.24, 2.45) is 5.92 Å². The molecule has 1 saturated carbocycles. The lowest BCUT2D eigenvalue weighted by molar-refractivity contribution is -0.137. The summed E-state index contributed by atoms with van der Waals surface area (Å²) in [5, 5.41) is 7.43. The summed E-state index contributed by atoms with van der Waals surface area (Å²) in [6.45, 7) is 3.95. The van der Waals surface area contributed by atoms with Crippen molar-refractivity contribution < 1.29 is 13.2 Å². The molecule has 1 unspecified atom stereocenters. The second kappa shape index (κ2) is 7.48. The molecule has 0 bridgehead atoms. The summed E-state index contributed by atoms with van der Waals surface area (Å²) in [6, 6.07) is 3.18. The van der Waals surface area contributed by atoms with E-state index in [4.69, 9.17) is 11.6 Å². The van der Waals surface area contributed by atoms with Crippen LogP contribution < -0.4 is 5.32 Å². The molecule has 0 aliphatic heterocycles. The highest BCUT2D eigenvalue weighted by atomic mass is 35.5. The van der Waals surface area contributed by atoms with Crippen molar-refractivity contribution in [2.45, 2.75) is 51.6 Å². The topological polar surface area (TPSA) is 55.1 Å². The Hall–Kier alpha value is -2.35. The van der Waals surface area contributed by atoms with Gasteiger partial charge in [0, 0.05) is 5.56 Å². The molecule has 4 rings (SSSR count). The third-order valence-corrected chi connectivity index (χ3v) is 5.55. The molecule has 0 saturated heterocycles. The zero-order valence-corrected chi connectivity index (χ0v) is 16.8. The van der Waals surface area contributed by atoms with Crippen molar-refractivity contribution >= 4 is 28.9 Å². The van der Waals surface area contributed by atoms with E-state index in [0.717, 1.165) is 36.2 Å². The number of fused-ring (bicyclic) bond motifs is 1. The van der Waals surface area contributed by atoms with E-state index in [2.05, 4.69) is 27.3 Å². The molecular weight excluding hydrogens is 403 g/mol. The molecule has 3 aromatic rings. The van der Waals surface area contributed by atoms with Crippen LogP contribution in [0.25, 0.3) is 5.65 Å². The predicted molar refractivity (Wildman–Crippen MR) is 106 cm³/mol. The van der Waals surface area contributed by atoms with Crippen LogP contribution in [0.2, 0.25) is 5.02 Å². The van der Waals surface area contributed by atoms with Gasteiger partial charge in [0.15, 0.2) is 5.65 Å². The van der Waals surface area contributed by atoms with E-state index in [1.165, 1.54) is 18.9 Å². The highest BCUT2D eigenvalue weighted by Crippen LogP contribution is 2.46. The molecule has 2 heterocycles. The predicted octanol–water partition coefficient (Wildman–Crippen LogP) is 6.14. The van der Waals surface area contributed by atoms with Crippen LogP contribution in [-0.2, 0) is 6.18 Å². The number of anilines is 2. The molecule has 0 radical (unpaired) electrons. The molecule has 0 spiro atoms. The van der Waals surface area contributed by atoms with Gasteiger partial charge in [-0.15, -0.1) is 0 Å². The van der Waals surface area contributed by atoms with E-state index >= 15 is 0 Å². The molecule has 1 aliphatic carbocycles. The van der Waals surface area contributed by atoms with Crippen LogP contribution >= 0.6 is 11.6 Å². The Bertz CT molecular complexity index is 1040. The van der Waals surface area contributed by atoms with Gasteiger partial charge in [-0.25, -0.2) is 4.98 Å². The van der Waals surface area contributed by atoms with E-state index in [1.807, 2.05) is 6.20 Å². The van der Waals surface area contributed by atoms with E-state index in [1.54, 1.807) is 11.4 Å². The largest absolute Gasteiger partial charge is 0.416 e. The molecule has 29 heavy (non-hydrogen) atoms. The maximum absolute atomic E-state index is 12.9. The van der Waals surface area contributed by atoms with Gasteiger partial charge in [0.05, 0.1) is 22.5 Å². The molecule has 2 aromatic heterocycles. The van der Waals surface area contributed by atoms with E-state index in [-0.39, 0.29) is 5.02 Å². The van der Waals surface area contributed by atoms with Crippen LogP contribution in [0.5, 0.6) is 0 Å². The Morgan fingerprint density at radius 2 is 2.03 bits per heavy atom. The number of hydrogen-bond donors (Lipinski definition) is 1. The van der Waals surface area contributed by atoms with Gasteiger partial charge in [0.25, 0.3) is 0 Å². The van der Waals surface area contributed by atoms with Crippen molar-refractivity contribution in [3.05, 3.63) is 46.4 Å². The van der Waals surface area contributed by atoms with Crippen molar-refractivity contribution in [2.75, 3.05) is 5.32 Å². The van der Waals surface area contributed by atoms with Gasteiger partial charge in [0.2, 0.25) is 5.95 Å². The lowest BCUT2D eigenvalue weighted by atomic mass is 9.92. The van der Waals surface area contributed by atoms with Crippen LogP contribution in [-0.4, -0.2) is 19.6 Å². The summed E-state index contributed by atoms with van der Waals surface area (Å²) in [7, 11) is 0. The first-order chi connectivity index (χ1) is 13.8. The minimum Gasteiger partial charge on any atom is -0.323 e. The second-order valence-electron chi connectivity index (χ2n) is 7.48. The van der Waals surface area contributed by atoms with Crippen molar-refractivity contribution in [3.8, 4) is 0 Å². The number of nitrogens with one attached hydrogen (secondary N) is 1. The number of nitrogens with zero attached hydrogens (tertiary/aromatic N) is 4. The molecule has 1 fully saturated rings. The van der Waals surface area contributed by atoms with Crippen molar-refractivity contribution in [3.63, 3.8) is 0 Å². The molecule has 0 amide bonds. The third kappa shape index (κ3) is 4.03. The lowest BCUT2D eigenvalue weighted by Crippen LogP contribution is -2.09. The Morgan fingerprint density at radius 1 is 1.28 bits per heavy atom. The maximum atomic E-state index is 12.9. The van der Waals surface area contributed by atoms with Gasteiger partial charge < -0.3 is 5.32 Å².